The summed E-state index contributed by atoms with van der Waals surface area (Å²) >= 11 is 3.30. The molecule has 0 fully saturated rings. The van der Waals surface area contributed by atoms with Crippen molar-refractivity contribution in [2.75, 3.05) is 0 Å². The normalized spacial score (nSPS) is 11.4. The molecule has 6 rings (SSSR count). The number of furan rings is 1. The maximum Gasteiger partial charge on any atom is 0.335 e. The number of carboxylic acid groups (broad SMARTS) is 1. The fourth-order valence-corrected chi connectivity index (χ4v) is 4.95. The number of nitro benzene ring substituents is 1. The van der Waals surface area contributed by atoms with Crippen LogP contribution in [-0.4, -0.2) is 31.9 Å². The van der Waals surface area contributed by atoms with Gasteiger partial charge in [-0.3, -0.25) is 14.9 Å². The standard InChI is InChI=1S/C31H19BrN4O7/c32-22-13-21(28(25(15-22)36(40)41)42-17-18-9-11-19(12-10-18)31(38)39)16-33-35-29(27-14-20-5-1-4-8-26(20)43-27)34-24-7-3-2-6-23(24)30(35)37/h1-16H,17H2,(H,38,39). The van der Waals surface area contributed by atoms with Crippen LogP contribution >= 0.6 is 15.9 Å². The number of ether oxygens (including phenoxy) is 1. The van der Waals surface area contributed by atoms with Crippen molar-refractivity contribution in [1.29, 1.82) is 0 Å². The number of carboxylic acids is 1. The van der Waals surface area contributed by atoms with E-state index in [0.717, 1.165) is 10.1 Å². The van der Waals surface area contributed by atoms with Crippen molar-refractivity contribution in [3.63, 3.8) is 0 Å². The number of benzene rings is 4. The first-order chi connectivity index (χ1) is 20.8. The van der Waals surface area contributed by atoms with E-state index < -0.39 is 16.5 Å². The molecule has 0 aliphatic rings. The average molecular weight is 639 g/mol. The molecule has 0 amide bonds. The van der Waals surface area contributed by atoms with Crippen molar-refractivity contribution in [3.8, 4) is 17.3 Å². The zero-order valence-electron chi connectivity index (χ0n) is 22.0. The van der Waals surface area contributed by atoms with E-state index in [-0.39, 0.29) is 35.0 Å². The molecule has 6 aromatic rings. The predicted molar refractivity (Wildman–Crippen MR) is 163 cm³/mol. The van der Waals surface area contributed by atoms with Crippen molar-refractivity contribution in [2.45, 2.75) is 6.61 Å². The van der Waals surface area contributed by atoms with E-state index in [2.05, 4.69) is 26.0 Å². The van der Waals surface area contributed by atoms with Crippen LogP contribution in [0, 0.1) is 10.1 Å². The van der Waals surface area contributed by atoms with Crippen LogP contribution in [0.3, 0.4) is 0 Å². The highest BCUT2D eigenvalue weighted by atomic mass is 79.9. The Morgan fingerprint density at radius 2 is 1.81 bits per heavy atom. The van der Waals surface area contributed by atoms with Gasteiger partial charge in [0, 0.05) is 21.5 Å². The first-order valence-electron chi connectivity index (χ1n) is 12.8. The summed E-state index contributed by atoms with van der Waals surface area (Å²) in [5.74, 6) is -0.717. The van der Waals surface area contributed by atoms with Crippen LogP contribution in [0.15, 0.2) is 110 Å². The summed E-state index contributed by atoms with van der Waals surface area (Å²) in [7, 11) is 0. The molecule has 1 N–H and O–H groups in total. The zero-order valence-corrected chi connectivity index (χ0v) is 23.6. The molecule has 2 aromatic heterocycles. The summed E-state index contributed by atoms with van der Waals surface area (Å²) in [6.45, 7) is -0.0923. The van der Waals surface area contributed by atoms with E-state index in [1.54, 1.807) is 54.6 Å². The molecule has 0 bridgehead atoms. The zero-order chi connectivity index (χ0) is 30.1. The Morgan fingerprint density at radius 1 is 1.07 bits per heavy atom. The first-order valence-corrected chi connectivity index (χ1v) is 13.6. The number of carbonyl (C=O) groups is 1. The monoisotopic (exact) mass is 638 g/mol. The fourth-order valence-electron chi connectivity index (χ4n) is 4.49. The van der Waals surface area contributed by atoms with E-state index in [0.29, 0.717) is 32.3 Å². The molecule has 12 heteroatoms. The molecule has 0 radical (unpaired) electrons. The largest absolute Gasteiger partial charge is 0.481 e. The van der Waals surface area contributed by atoms with E-state index in [4.69, 9.17) is 14.3 Å². The van der Waals surface area contributed by atoms with Gasteiger partial charge in [-0.2, -0.15) is 9.78 Å². The molecule has 43 heavy (non-hydrogen) atoms. The summed E-state index contributed by atoms with van der Waals surface area (Å²) in [4.78, 5) is 40.9. The molecule has 212 valence electrons. The van der Waals surface area contributed by atoms with Crippen LogP contribution in [0.1, 0.15) is 21.5 Å². The summed E-state index contributed by atoms with van der Waals surface area (Å²) < 4.78 is 13.4. The number of hydrogen-bond donors (Lipinski definition) is 1. The average Bonchev–Trinajstić information content (AvgIpc) is 3.44. The Morgan fingerprint density at radius 3 is 2.56 bits per heavy atom. The lowest BCUT2D eigenvalue weighted by Gasteiger charge is -2.11. The molecule has 11 nitrogen and oxygen atoms in total. The third-order valence-electron chi connectivity index (χ3n) is 6.56. The predicted octanol–water partition coefficient (Wildman–Crippen LogP) is 6.64. The van der Waals surface area contributed by atoms with Crippen molar-refractivity contribution < 1.29 is 24.0 Å². The van der Waals surface area contributed by atoms with Crippen molar-refractivity contribution in [2.24, 2.45) is 5.10 Å². The molecule has 4 aromatic carbocycles. The molecular formula is C31H19BrN4O7. The van der Waals surface area contributed by atoms with Crippen LogP contribution in [0.4, 0.5) is 5.69 Å². The Kier molecular flexibility index (Phi) is 7.26. The van der Waals surface area contributed by atoms with Gasteiger partial charge in [-0.25, -0.2) is 9.78 Å². The number of aromatic nitrogens is 2. The second-order valence-corrected chi connectivity index (χ2v) is 10.3. The third kappa shape index (κ3) is 5.51. The number of halogens is 1. The van der Waals surface area contributed by atoms with Crippen LogP contribution in [0.2, 0.25) is 0 Å². The summed E-state index contributed by atoms with van der Waals surface area (Å²) in [5, 5.41) is 26.7. The highest BCUT2D eigenvalue weighted by Crippen LogP contribution is 2.35. The maximum atomic E-state index is 13.6. The molecule has 0 unspecified atom stereocenters. The number of nitrogens with zero attached hydrogens (tertiary/aromatic N) is 4. The molecule has 0 saturated carbocycles. The van der Waals surface area contributed by atoms with Crippen molar-refractivity contribution in [1.82, 2.24) is 9.66 Å². The van der Waals surface area contributed by atoms with Gasteiger partial charge in [0.25, 0.3) is 5.56 Å². The van der Waals surface area contributed by atoms with E-state index in [1.165, 1.54) is 24.4 Å². The Hall–Kier alpha value is -5.62. The number of rotatable bonds is 8. The quantitative estimate of drug-likeness (QED) is 0.111. The number of hydrogen-bond acceptors (Lipinski definition) is 8. The lowest BCUT2D eigenvalue weighted by Crippen LogP contribution is -2.20. The minimum atomic E-state index is -1.07. The topological polar surface area (TPSA) is 150 Å². The lowest BCUT2D eigenvalue weighted by atomic mass is 10.1. The Bertz CT molecular complexity index is 2100. The van der Waals surface area contributed by atoms with Crippen molar-refractivity contribution in [3.05, 3.63) is 133 Å². The fraction of sp³-hybridized carbons (Fsp3) is 0.0323. The van der Waals surface area contributed by atoms with Crippen LogP contribution in [-0.2, 0) is 6.61 Å². The lowest BCUT2D eigenvalue weighted by molar-refractivity contribution is -0.386. The molecule has 0 aliphatic carbocycles. The molecule has 2 heterocycles. The highest BCUT2D eigenvalue weighted by Gasteiger charge is 2.22. The highest BCUT2D eigenvalue weighted by molar-refractivity contribution is 9.10. The van der Waals surface area contributed by atoms with Gasteiger partial charge in [-0.1, -0.05) is 58.4 Å². The second kappa shape index (κ2) is 11.3. The number of aromatic carboxylic acids is 1. The maximum absolute atomic E-state index is 13.6. The Balaban J connectivity index is 1.46. The summed E-state index contributed by atoms with van der Waals surface area (Å²) in [6.07, 6.45) is 1.28. The van der Waals surface area contributed by atoms with E-state index in [1.807, 2.05) is 18.2 Å². The second-order valence-electron chi connectivity index (χ2n) is 9.35. The number of nitro groups is 1. The van der Waals surface area contributed by atoms with Gasteiger partial charge < -0.3 is 14.3 Å². The molecule has 0 spiro atoms. The summed E-state index contributed by atoms with van der Waals surface area (Å²) in [6, 6.07) is 24.8. The van der Waals surface area contributed by atoms with Crippen LogP contribution < -0.4 is 10.3 Å². The molecule has 0 saturated heterocycles. The summed E-state index contributed by atoms with van der Waals surface area (Å²) in [5.41, 5.74) is 1.14. The molecular weight excluding hydrogens is 620 g/mol. The Labute approximate surface area is 250 Å². The van der Waals surface area contributed by atoms with Gasteiger partial charge in [-0.15, -0.1) is 0 Å². The number of para-hydroxylation sites is 2. The van der Waals surface area contributed by atoms with Crippen molar-refractivity contribution >= 4 is 55.7 Å². The van der Waals surface area contributed by atoms with Gasteiger partial charge in [0.15, 0.2) is 5.76 Å². The van der Waals surface area contributed by atoms with E-state index in [9.17, 15) is 19.7 Å². The van der Waals surface area contributed by atoms with Crippen LogP contribution in [0.25, 0.3) is 33.5 Å². The van der Waals surface area contributed by atoms with Gasteiger partial charge in [-0.05, 0) is 48.0 Å². The first kappa shape index (κ1) is 27.5. The van der Waals surface area contributed by atoms with Gasteiger partial charge in [0.05, 0.1) is 27.6 Å². The van der Waals surface area contributed by atoms with Gasteiger partial charge in [0.2, 0.25) is 11.6 Å². The van der Waals surface area contributed by atoms with Crippen LogP contribution in [0.5, 0.6) is 5.75 Å². The minimum Gasteiger partial charge on any atom is -0.481 e. The van der Waals surface area contributed by atoms with E-state index >= 15 is 0 Å². The molecule has 0 atom stereocenters. The smallest absolute Gasteiger partial charge is 0.335 e. The SMILES string of the molecule is O=C(O)c1ccc(COc2c(C=Nn3c(-c4cc5ccccc5o4)nc4ccccc4c3=O)cc(Br)cc2[N+](=O)[O-])cc1. The third-order valence-corrected chi connectivity index (χ3v) is 7.01. The number of fused-ring (bicyclic) bond motifs is 2. The van der Waals surface area contributed by atoms with Gasteiger partial charge in [0.1, 0.15) is 12.2 Å². The minimum absolute atomic E-state index is 0.0913. The van der Waals surface area contributed by atoms with Gasteiger partial charge >= 0.3 is 11.7 Å². The molecule has 0 aliphatic heterocycles.